The number of aliphatic hydroxyl groups excluding tert-OH is 1. The molecule has 16 heavy (non-hydrogen) atoms. The second-order valence-corrected chi connectivity index (χ2v) is 4.09. The third-order valence-electron chi connectivity index (χ3n) is 2.56. The van der Waals surface area contributed by atoms with E-state index >= 15 is 0 Å². The summed E-state index contributed by atoms with van der Waals surface area (Å²) in [6.45, 7) is 5.81. The fourth-order valence-corrected chi connectivity index (χ4v) is 1.45. The molecule has 1 heterocycles. The lowest BCUT2D eigenvalue weighted by atomic mass is 10.2. The maximum absolute atomic E-state index is 11.7. The van der Waals surface area contributed by atoms with Gasteiger partial charge >= 0.3 is 0 Å². The van der Waals surface area contributed by atoms with Gasteiger partial charge in [-0.3, -0.25) is 4.79 Å². The van der Waals surface area contributed by atoms with E-state index in [9.17, 15) is 4.79 Å². The quantitative estimate of drug-likeness (QED) is 0.803. The summed E-state index contributed by atoms with van der Waals surface area (Å²) in [6, 6.07) is 1.79. The number of furan rings is 1. The van der Waals surface area contributed by atoms with Crippen molar-refractivity contribution in [3.8, 4) is 0 Å². The molecular formula is C12H19NO3. The van der Waals surface area contributed by atoms with Gasteiger partial charge in [-0.05, 0) is 45.2 Å². The Kier molecular flexibility index (Phi) is 4.55. The Morgan fingerprint density at radius 2 is 2.25 bits per heavy atom. The van der Waals surface area contributed by atoms with Crippen LogP contribution >= 0.6 is 0 Å². The Hall–Kier alpha value is -1.29. The Balaban J connectivity index is 2.52. The molecule has 1 aromatic rings. The van der Waals surface area contributed by atoms with Crippen molar-refractivity contribution in [2.45, 2.75) is 39.7 Å². The van der Waals surface area contributed by atoms with Crippen LogP contribution in [0.1, 0.15) is 41.6 Å². The highest BCUT2D eigenvalue weighted by Crippen LogP contribution is 2.13. The summed E-state index contributed by atoms with van der Waals surface area (Å²) in [5, 5.41) is 11.5. The van der Waals surface area contributed by atoms with Gasteiger partial charge in [-0.2, -0.15) is 0 Å². The Morgan fingerprint density at radius 3 is 2.75 bits per heavy atom. The van der Waals surface area contributed by atoms with Gasteiger partial charge in [0.15, 0.2) is 5.76 Å². The van der Waals surface area contributed by atoms with Gasteiger partial charge in [0.2, 0.25) is 0 Å². The standard InChI is InChI=1S/C12H19NO3/c1-8-7-11(16-10(8)3)12(15)13-9(2)5-4-6-14/h7,9,14H,4-6H2,1-3H3,(H,13,15). The number of rotatable bonds is 5. The molecule has 1 atom stereocenters. The van der Waals surface area contributed by atoms with Gasteiger partial charge in [0, 0.05) is 12.6 Å². The van der Waals surface area contributed by atoms with Crippen molar-refractivity contribution >= 4 is 5.91 Å². The third-order valence-corrected chi connectivity index (χ3v) is 2.56. The van der Waals surface area contributed by atoms with Crippen molar-refractivity contribution in [3.63, 3.8) is 0 Å². The topological polar surface area (TPSA) is 62.5 Å². The van der Waals surface area contributed by atoms with E-state index in [1.165, 1.54) is 0 Å². The third kappa shape index (κ3) is 3.38. The number of amides is 1. The molecule has 0 aliphatic rings. The predicted molar refractivity (Wildman–Crippen MR) is 61.4 cm³/mol. The molecule has 0 aromatic carbocycles. The van der Waals surface area contributed by atoms with E-state index in [0.29, 0.717) is 12.2 Å². The second-order valence-electron chi connectivity index (χ2n) is 4.09. The van der Waals surface area contributed by atoms with Crippen molar-refractivity contribution < 1.29 is 14.3 Å². The molecule has 0 saturated carbocycles. The van der Waals surface area contributed by atoms with Gasteiger partial charge in [0.1, 0.15) is 5.76 Å². The first-order valence-electron chi connectivity index (χ1n) is 5.53. The van der Waals surface area contributed by atoms with Crippen molar-refractivity contribution in [2.24, 2.45) is 0 Å². The zero-order valence-corrected chi connectivity index (χ0v) is 10.0. The van der Waals surface area contributed by atoms with Gasteiger partial charge < -0.3 is 14.8 Å². The van der Waals surface area contributed by atoms with Crippen LogP contribution in [0.25, 0.3) is 0 Å². The largest absolute Gasteiger partial charge is 0.456 e. The molecule has 0 aliphatic carbocycles. The summed E-state index contributed by atoms with van der Waals surface area (Å²) in [5.41, 5.74) is 0.980. The molecule has 1 unspecified atom stereocenters. The van der Waals surface area contributed by atoms with Crippen LogP contribution in [0.4, 0.5) is 0 Å². The second kappa shape index (κ2) is 5.70. The molecule has 90 valence electrons. The molecular weight excluding hydrogens is 206 g/mol. The van der Waals surface area contributed by atoms with Gasteiger partial charge in [-0.1, -0.05) is 0 Å². The summed E-state index contributed by atoms with van der Waals surface area (Å²) >= 11 is 0. The molecule has 4 nitrogen and oxygen atoms in total. The molecule has 4 heteroatoms. The van der Waals surface area contributed by atoms with Crippen LogP contribution in [0.15, 0.2) is 10.5 Å². The fraction of sp³-hybridized carbons (Fsp3) is 0.583. The Labute approximate surface area is 95.7 Å². The van der Waals surface area contributed by atoms with Crippen molar-refractivity contribution in [1.29, 1.82) is 0 Å². The molecule has 2 N–H and O–H groups in total. The lowest BCUT2D eigenvalue weighted by Crippen LogP contribution is -2.32. The van der Waals surface area contributed by atoms with E-state index in [1.807, 2.05) is 20.8 Å². The van der Waals surface area contributed by atoms with Crippen molar-refractivity contribution in [3.05, 3.63) is 23.2 Å². The summed E-state index contributed by atoms with van der Waals surface area (Å²) in [5.74, 6) is 0.931. The van der Waals surface area contributed by atoms with Crippen molar-refractivity contribution in [2.75, 3.05) is 6.61 Å². The van der Waals surface area contributed by atoms with E-state index < -0.39 is 0 Å². The Bertz CT molecular complexity index is 338. The summed E-state index contributed by atoms with van der Waals surface area (Å²) in [7, 11) is 0. The maximum atomic E-state index is 11.7. The monoisotopic (exact) mass is 225 g/mol. The molecule has 1 amide bonds. The maximum Gasteiger partial charge on any atom is 0.287 e. The first-order chi connectivity index (χ1) is 7.54. The van der Waals surface area contributed by atoms with E-state index in [1.54, 1.807) is 6.07 Å². The highest BCUT2D eigenvalue weighted by Gasteiger charge is 2.14. The van der Waals surface area contributed by atoms with Gasteiger partial charge in [0.25, 0.3) is 5.91 Å². The Morgan fingerprint density at radius 1 is 1.56 bits per heavy atom. The number of carbonyl (C=O) groups excluding carboxylic acids is 1. The lowest BCUT2D eigenvalue weighted by molar-refractivity contribution is 0.0907. The molecule has 0 radical (unpaired) electrons. The average Bonchev–Trinajstić information content (AvgIpc) is 2.56. The van der Waals surface area contributed by atoms with Crippen LogP contribution in [0.3, 0.4) is 0 Å². The number of hydrogen-bond acceptors (Lipinski definition) is 3. The summed E-state index contributed by atoms with van der Waals surface area (Å²) in [4.78, 5) is 11.7. The van der Waals surface area contributed by atoms with Crippen LogP contribution in [-0.2, 0) is 0 Å². The number of aliphatic hydroxyl groups is 1. The van der Waals surface area contributed by atoms with Crippen LogP contribution in [0.5, 0.6) is 0 Å². The van der Waals surface area contributed by atoms with E-state index in [2.05, 4.69) is 5.32 Å². The predicted octanol–water partition coefficient (Wildman–Crippen LogP) is 1.79. The highest BCUT2D eigenvalue weighted by molar-refractivity contribution is 5.91. The minimum absolute atomic E-state index is 0.0466. The first kappa shape index (κ1) is 12.8. The number of aryl methyl sites for hydroxylation is 2. The van der Waals surface area contributed by atoms with Crippen molar-refractivity contribution in [1.82, 2.24) is 5.32 Å². The average molecular weight is 225 g/mol. The molecule has 1 aromatic heterocycles. The van der Waals surface area contributed by atoms with Gasteiger partial charge in [0.05, 0.1) is 0 Å². The van der Waals surface area contributed by atoms with Gasteiger partial charge in [-0.15, -0.1) is 0 Å². The molecule has 0 spiro atoms. The smallest absolute Gasteiger partial charge is 0.287 e. The molecule has 0 bridgehead atoms. The fourth-order valence-electron chi connectivity index (χ4n) is 1.45. The number of nitrogens with one attached hydrogen (secondary N) is 1. The van der Waals surface area contributed by atoms with Crippen LogP contribution in [0, 0.1) is 13.8 Å². The summed E-state index contributed by atoms with van der Waals surface area (Å²) in [6.07, 6.45) is 1.46. The van der Waals surface area contributed by atoms with Crippen LogP contribution in [0.2, 0.25) is 0 Å². The SMILES string of the molecule is Cc1cc(C(=O)NC(C)CCCO)oc1C. The first-order valence-corrected chi connectivity index (χ1v) is 5.53. The normalized spacial score (nSPS) is 12.5. The lowest BCUT2D eigenvalue weighted by Gasteiger charge is -2.11. The number of carbonyl (C=O) groups is 1. The zero-order chi connectivity index (χ0) is 12.1. The number of hydrogen-bond donors (Lipinski definition) is 2. The molecule has 1 rings (SSSR count). The highest BCUT2D eigenvalue weighted by atomic mass is 16.3. The zero-order valence-electron chi connectivity index (χ0n) is 10.0. The van der Waals surface area contributed by atoms with Gasteiger partial charge in [-0.25, -0.2) is 0 Å². The van der Waals surface area contributed by atoms with E-state index in [0.717, 1.165) is 17.7 Å². The minimum Gasteiger partial charge on any atom is -0.456 e. The summed E-state index contributed by atoms with van der Waals surface area (Å²) < 4.78 is 5.32. The molecule has 0 aliphatic heterocycles. The van der Waals surface area contributed by atoms with E-state index in [-0.39, 0.29) is 18.6 Å². The van der Waals surface area contributed by atoms with Crippen LogP contribution < -0.4 is 5.32 Å². The van der Waals surface area contributed by atoms with E-state index in [4.69, 9.17) is 9.52 Å². The molecule has 0 fully saturated rings. The van der Waals surface area contributed by atoms with Crippen LogP contribution in [-0.4, -0.2) is 23.7 Å². The minimum atomic E-state index is -0.193. The molecule has 0 saturated heterocycles.